The van der Waals surface area contributed by atoms with Gasteiger partial charge in [0.2, 0.25) is 0 Å². The van der Waals surface area contributed by atoms with Crippen molar-refractivity contribution in [1.82, 2.24) is 4.90 Å². The highest BCUT2D eigenvalue weighted by Crippen LogP contribution is 2.27. The Morgan fingerprint density at radius 2 is 2.00 bits per heavy atom. The van der Waals surface area contributed by atoms with E-state index >= 15 is 0 Å². The highest BCUT2D eigenvalue weighted by molar-refractivity contribution is 5.20. The molecular weight excluding hydrogens is 257 g/mol. The van der Waals surface area contributed by atoms with Crippen LogP contribution in [0.4, 0.5) is 4.39 Å². The lowest BCUT2D eigenvalue weighted by Crippen LogP contribution is -2.30. The zero-order chi connectivity index (χ0) is 14.7. The van der Waals surface area contributed by atoms with Crippen molar-refractivity contribution < 1.29 is 14.6 Å². The lowest BCUT2D eigenvalue weighted by atomic mass is 9.96. The predicted octanol–water partition coefficient (Wildman–Crippen LogP) is 2.20. The molecule has 0 aliphatic carbocycles. The Kier molecular flexibility index (Phi) is 5.13. The monoisotopic (exact) mass is 281 g/mol. The Bertz CT molecular complexity index is 438. The molecule has 0 saturated carbocycles. The number of likely N-dealkylation sites (tertiary alicyclic amines) is 1. The molecule has 0 amide bonds. The molecule has 0 bridgehead atoms. The van der Waals surface area contributed by atoms with Gasteiger partial charge in [0.15, 0.2) is 0 Å². The number of hydrogen-bond acceptors (Lipinski definition) is 3. The molecule has 4 atom stereocenters. The second-order valence-electron chi connectivity index (χ2n) is 5.99. The molecule has 1 aromatic carbocycles. The van der Waals surface area contributed by atoms with E-state index in [9.17, 15) is 14.6 Å². The number of hydrogen-bond donors (Lipinski definition) is 2. The standard InChI is InChI=1S/C16H24FNO2/c1-11(9-18-8-7-13(10-18)12(2)19)16(20)14-5-3-4-6-15(14)17/h3-6,11-13,16,19-20H,7-10H2,1-2H3. The van der Waals surface area contributed by atoms with Gasteiger partial charge < -0.3 is 15.1 Å². The first kappa shape index (κ1) is 15.4. The van der Waals surface area contributed by atoms with Crippen LogP contribution >= 0.6 is 0 Å². The third-order valence-electron chi connectivity index (χ3n) is 4.30. The van der Waals surface area contributed by atoms with Crippen molar-refractivity contribution in [3.63, 3.8) is 0 Å². The zero-order valence-corrected chi connectivity index (χ0v) is 12.2. The molecular formula is C16H24FNO2. The van der Waals surface area contributed by atoms with Crippen LogP contribution in [0.3, 0.4) is 0 Å². The lowest BCUT2D eigenvalue weighted by molar-refractivity contribution is 0.0851. The fraction of sp³-hybridized carbons (Fsp3) is 0.625. The zero-order valence-electron chi connectivity index (χ0n) is 12.2. The summed E-state index contributed by atoms with van der Waals surface area (Å²) in [5.41, 5.74) is 0.367. The third kappa shape index (κ3) is 3.57. The second kappa shape index (κ2) is 6.66. The first-order valence-corrected chi connectivity index (χ1v) is 7.32. The van der Waals surface area contributed by atoms with Gasteiger partial charge in [0, 0.05) is 18.7 Å². The van der Waals surface area contributed by atoms with Crippen molar-refractivity contribution in [2.75, 3.05) is 19.6 Å². The fourth-order valence-electron chi connectivity index (χ4n) is 2.95. The van der Waals surface area contributed by atoms with Gasteiger partial charge in [-0.15, -0.1) is 0 Å². The van der Waals surface area contributed by atoms with E-state index in [4.69, 9.17) is 0 Å². The van der Waals surface area contributed by atoms with Gasteiger partial charge in [0.05, 0.1) is 12.2 Å². The van der Waals surface area contributed by atoms with Crippen LogP contribution in [0.2, 0.25) is 0 Å². The van der Waals surface area contributed by atoms with E-state index in [0.717, 1.165) is 26.1 Å². The normalized spacial score (nSPS) is 24.6. The Balaban J connectivity index is 1.92. The van der Waals surface area contributed by atoms with Crippen molar-refractivity contribution in [2.45, 2.75) is 32.5 Å². The van der Waals surface area contributed by atoms with Crippen molar-refractivity contribution in [2.24, 2.45) is 11.8 Å². The first-order chi connectivity index (χ1) is 9.49. The highest BCUT2D eigenvalue weighted by atomic mass is 19.1. The smallest absolute Gasteiger partial charge is 0.129 e. The molecule has 0 radical (unpaired) electrons. The summed E-state index contributed by atoms with van der Waals surface area (Å²) in [6, 6.07) is 6.39. The molecule has 1 heterocycles. The van der Waals surface area contributed by atoms with Crippen molar-refractivity contribution in [3.05, 3.63) is 35.6 Å². The molecule has 2 N–H and O–H groups in total. The molecule has 3 nitrogen and oxygen atoms in total. The molecule has 1 aromatic rings. The van der Waals surface area contributed by atoms with Crippen molar-refractivity contribution in [3.8, 4) is 0 Å². The number of aliphatic hydroxyl groups excluding tert-OH is 2. The average molecular weight is 281 g/mol. The maximum atomic E-state index is 13.7. The van der Waals surface area contributed by atoms with E-state index in [2.05, 4.69) is 4.90 Å². The van der Waals surface area contributed by atoms with E-state index < -0.39 is 6.10 Å². The van der Waals surface area contributed by atoms with Gasteiger partial charge in [0.25, 0.3) is 0 Å². The third-order valence-corrected chi connectivity index (χ3v) is 4.30. The molecule has 0 aromatic heterocycles. The summed E-state index contributed by atoms with van der Waals surface area (Å²) in [5, 5.41) is 19.9. The van der Waals surface area contributed by atoms with Crippen molar-refractivity contribution in [1.29, 1.82) is 0 Å². The molecule has 1 aliphatic rings. The maximum Gasteiger partial charge on any atom is 0.129 e. The topological polar surface area (TPSA) is 43.7 Å². The van der Waals surface area contributed by atoms with E-state index in [-0.39, 0.29) is 17.8 Å². The minimum atomic E-state index is -0.790. The first-order valence-electron chi connectivity index (χ1n) is 7.32. The number of halogens is 1. The molecule has 0 spiro atoms. The lowest BCUT2D eigenvalue weighted by Gasteiger charge is -2.25. The molecule has 1 saturated heterocycles. The van der Waals surface area contributed by atoms with Gasteiger partial charge in [-0.05, 0) is 37.8 Å². The summed E-state index contributed by atoms with van der Waals surface area (Å²) in [6.45, 7) is 6.27. The van der Waals surface area contributed by atoms with Gasteiger partial charge in [-0.25, -0.2) is 4.39 Å². The Morgan fingerprint density at radius 1 is 1.30 bits per heavy atom. The van der Waals surface area contributed by atoms with Crippen LogP contribution in [0, 0.1) is 17.7 Å². The summed E-state index contributed by atoms with van der Waals surface area (Å²) in [5.74, 6) is -0.0809. The SMILES string of the molecule is CC(O)C1CCN(CC(C)C(O)c2ccccc2F)C1. The van der Waals surface area contributed by atoms with E-state index in [0.29, 0.717) is 11.5 Å². The van der Waals surface area contributed by atoms with E-state index in [1.54, 1.807) is 18.2 Å². The van der Waals surface area contributed by atoms with Gasteiger partial charge in [-0.2, -0.15) is 0 Å². The Hall–Kier alpha value is -0.970. The molecule has 2 rings (SSSR count). The van der Waals surface area contributed by atoms with Crippen LogP contribution < -0.4 is 0 Å². The minimum Gasteiger partial charge on any atom is -0.393 e. The van der Waals surface area contributed by atoms with E-state index in [1.165, 1.54) is 6.07 Å². The van der Waals surface area contributed by atoms with Crippen LogP contribution in [0.1, 0.15) is 31.9 Å². The molecule has 112 valence electrons. The fourth-order valence-corrected chi connectivity index (χ4v) is 2.95. The van der Waals surface area contributed by atoms with Crippen LogP contribution in [0.15, 0.2) is 24.3 Å². The number of rotatable bonds is 5. The Morgan fingerprint density at radius 3 is 2.60 bits per heavy atom. The van der Waals surface area contributed by atoms with E-state index in [1.807, 2.05) is 13.8 Å². The molecule has 1 fully saturated rings. The van der Waals surface area contributed by atoms with Gasteiger partial charge in [-0.3, -0.25) is 0 Å². The van der Waals surface area contributed by atoms with Gasteiger partial charge in [-0.1, -0.05) is 25.1 Å². The Labute approximate surface area is 120 Å². The highest BCUT2D eigenvalue weighted by Gasteiger charge is 2.29. The van der Waals surface area contributed by atoms with Crippen LogP contribution in [-0.2, 0) is 0 Å². The summed E-state index contributed by atoms with van der Waals surface area (Å²) < 4.78 is 13.7. The minimum absolute atomic E-state index is 0.0420. The number of benzene rings is 1. The second-order valence-corrected chi connectivity index (χ2v) is 5.99. The maximum absolute atomic E-state index is 13.7. The number of nitrogens with zero attached hydrogens (tertiary/aromatic N) is 1. The van der Waals surface area contributed by atoms with Crippen LogP contribution in [-0.4, -0.2) is 40.9 Å². The van der Waals surface area contributed by atoms with Crippen LogP contribution in [0.25, 0.3) is 0 Å². The molecule has 1 aliphatic heterocycles. The van der Waals surface area contributed by atoms with Gasteiger partial charge in [0.1, 0.15) is 5.82 Å². The van der Waals surface area contributed by atoms with Gasteiger partial charge >= 0.3 is 0 Å². The predicted molar refractivity (Wildman–Crippen MR) is 76.8 cm³/mol. The largest absolute Gasteiger partial charge is 0.393 e. The molecule has 4 heteroatoms. The summed E-state index contributed by atoms with van der Waals surface area (Å²) >= 11 is 0. The summed E-state index contributed by atoms with van der Waals surface area (Å²) in [7, 11) is 0. The molecule has 4 unspecified atom stereocenters. The average Bonchev–Trinajstić information content (AvgIpc) is 2.87. The molecule has 20 heavy (non-hydrogen) atoms. The summed E-state index contributed by atoms with van der Waals surface area (Å²) in [6.07, 6.45) is -0.0891. The summed E-state index contributed by atoms with van der Waals surface area (Å²) in [4.78, 5) is 2.24. The quantitative estimate of drug-likeness (QED) is 0.869. The van der Waals surface area contributed by atoms with Crippen LogP contribution in [0.5, 0.6) is 0 Å². The van der Waals surface area contributed by atoms with Crippen molar-refractivity contribution >= 4 is 0 Å². The number of aliphatic hydroxyl groups is 2.